The van der Waals surface area contributed by atoms with Gasteiger partial charge >= 0.3 is 12.1 Å². The van der Waals surface area contributed by atoms with Crippen LogP contribution in [0.4, 0.5) is 4.79 Å². The predicted octanol–water partition coefficient (Wildman–Crippen LogP) is 5.45. The Balaban J connectivity index is 2.85. The average molecular weight is 412 g/mol. The van der Waals surface area contributed by atoms with Crippen LogP contribution in [0.3, 0.4) is 0 Å². The summed E-state index contributed by atoms with van der Waals surface area (Å²) < 4.78 is 17.0. The van der Waals surface area contributed by atoms with Crippen LogP contribution in [0.5, 0.6) is 0 Å². The Hall–Kier alpha value is -1.72. The van der Waals surface area contributed by atoms with Gasteiger partial charge in [0.05, 0.1) is 18.9 Å². The summed E-state index contributed by atoms with van der Waals surface area (Å²) >= 11 is 0. The minimum Gasteiger partial charge on any atom is -0.493 e. The van der Waals surface area contributed by atoms with Gasteiger partial charge < -0.3 is 14.2 Å². The zero-order chi connectivity index (χ0) is 22.0. The zero-order valence-electron chi connectivity index (χ0n) is 19.3. The van der Waals surface area contributed by atoms with Gasteiger partial charge in [-0.25, -0.2) is 9.59 Å². The molecule has 2 atom stereocenters. The number of ether oxygens (including phenoxy) is 3. The summed E-state index contributed by atoms with van der Waals surface area (Å²) in [6.45, 7) is 16.6. The Kier molecular flexibility index (Phi) is 10.5. The summed E-state index contributed by atoms with van der Waals surface area (Å²) in [5, 5.41) is 0. The van der Waals surface area contributed by atoms with Crippen molar-refractivity contribution in [2.45, 2.75) is 104 Å². The summed E-state index contributed by atoms with van der Waals surface area (Å²) in [5.41, 5.74) is -0.635. The van der Waals surface area contributed by atoms with Gasteiger partial charge in [-0.15, -0.1) is 0 Å². The standard InChI is InChI=1S/C23H41NO5/c1-8-11-14-27-21(25)20-15-19(16-24(20)22(26)29-23(5,6)7)28-17(4)18(12-9-2)13-10-3/h18-20H,4,8-16H2,1-3,5-7H3/t19-,20-/m0/s1. The van der Waals surface area contributed by atoms with Crippen LogP contribution in [0.2, 0.25) is 0 Å². The average Bonchev–Trinajstić information content (AvgIpc) is 3.04. The fraction of sp³-hybridized carbons (Fsp3) is 0.826. The van der Waals surface area contributed by atoms with Crippen LogP contribution in [0.1, 0.15) is 86.5 Å². The number of carbonyl (C=O) groups is 2. The molecule has 1 heterocycles. The summed E-state index contributed by atoms with van der Waals surface area (Å²) in [4.78, 5) is 26.8. The predicted molar refractivity (Wildman–Crippen MR) is 115 cm³/mol. The summed E-state index contributed by atoms with van der Waals surface area (Å²) in [5.74, 6) is 0.665. The number of esters is 1. The molecule has 168 valence electrons. The molecular formula is C23H41NO5. The molecule has 0 bridgehead atoms. The van der Waals surface area contributed by atoms with Gasteiger partial charge in [0.1, 0.15) is 17.7 Å². The largest absolute Gasteiger partial charge is 0.493 e. The van der Waals surface area contributed by atoms with Crippen molar-refractivity contribution in [1.82, 2.24) is 4.90 Å². The van der Waals surface area contributed by atoms with E-state index in [0.29, 0.717) is 25.5 Å². The Labute approximate surface area is 176 Å². The van der Waals surface area contributed by atoms with Crippen LogP contribution in [0.15, 0.2) is 12.3 Å². The van der Waals surface area contributed by atoms with Crippen molar-refractivity contribution in [1.29, 1.82) is 0 Å². The maximum Gasteiger partial charge on any atom is 0.411 e. The van der Waals surface area contributed by atoms with Crippen molar-refractivity contribution >= 4 is 12.1 Å². The van der Waals surface area contributed by atoms with Gasteiger partial charge in [0, 0.05) is 12.3 Å². The van der Waals surface area contributed by atoms with E-state index in [2.05, 4.69) is 20.4 Å². The lowest BCUT2D eigenvalue weighted by Gasteiger charge is -2.27. The molecule has 1 saturated heterocycles. The third-order valence-corrected chi connectivity index (χ3v) is 4.95. The molecule has 1 aliphatic rings. The molecule has 0 saturated carbocycles. The lowest BCUT2D eigenvalue weighted by Crippen LogP contribution is -2.44. The second kappa shape index (κ2) is 12.1. The first-order valence-electron chi connectivity index (χ1n) is 11.1. The second-order valence-corrected chi connectivity index (χ2v) is 8.89. The van der Waals surface area contributed by atoms with E-state index < -0.39 is 17.7 Å². The molecule has 0 aromatic rings. The van der Waals surface area contributed by atoms with E-state index in [1.54, 1.807) is 0 Å². The molecule has 1 aliphatic heterocycles. The van der Waals surface area contributed by atoms with Crippen LogP contribution in [-0.2, 0) is 19.0 Å². The first-order chi connectivity index (χ1) is 13.6. The Morgan fingerprint density at radius 1 is 1.10 bits per heavy atom. The molecule has 0 spiro atoms. The van der Waals surface area contributed by atoms with E-state index in [1.807, 2.05) is 27.7 Å². The molecule has 1 fully saturated rings. The zero-order valence-corrected chi connectivity index (χ0v) is 19.3. The first kappa shape index (κ1) is 25.3. The first-order valence-corrected chi connectivity index (χ1v) is 11.1. The Morgan fingerprint density at radius 2 is 1.72 bits per heavy atom. The monoisotopic (exact) mass is 411 g/mol. The van der Waals surface area contributed by atoms with Gasteiger partial charge in [-0.1, -0.05) is 46.6 Å². The van der Waals surface area contributed by atoms with E-state index in [0.717, 1.165) is 44.3 Å². The summed E-state index contributed by atoms with van der Waals surface area (Å²) in [6.07, 6.45) is 5.53. The maximum absolute atomic E-state index is 12.7. The number of rotatable bonds is 11. The Morgan fingerprint density at radius 3 is 2.24 bits per heavy atom. The van der Waals surface area contributed by atoms with Gasteiger partial charge in [0.25, 0.3) is 0 Å². The van der Waals surface area contributed by atoms with Crippen molar-refractivity contribution in [2.75, 3.05) is 13.2 Å². The van der Waals surface area contributed by atoms with Gasteiger partial charge in [0.2, 0.25) is 0 Å². The molecule has 1 rings (SSSR count). The smallest absolute Gasteiger partial charge is 0.411 e. The van der Waals surface area contributed by atoms with Crippen molar-refractivity contribution in [3.63, 3.8) is 0 Å². The molecule has 0 radical (unpaired) electrons. The van der Waals surface area contributed by atoms with Crippen LogP contribution in [0.25, 0.3) is 0 Å². The highest BCUT2D eigenvalue weighted by Crippen LogP contribution is 2.29. The van der Waals surface area contributed by atoms with E-state index in [9.17, 15) is 9.59 Å². The van der Waals surface area contributed by atoms with Crippen molar-refractivity contribution in [3.8, 4) is 0 Å². The summed E-state index contributed by atoms with van der Waals surface area (Å²) in [6, 6.07) is -0.685. The minimum atomic E-state index is -0.685. The maximum atomic E-state index is 12.7. The van der Waals surface area contributed by atoms with E-state index in [-0.39, 0.29) is 12.1 Å². The van der Waals surface area contributed by atoms with E-state index in [1.165, 1.54) is 4.90 Å². The molecule has 0 aromatic heterocycles. The van der Waals surface area contributed by atoms with Gasteiger partial charge in [-0.2, -0.15) is 0 Å². The molecule has 0 unspecified atom stereocenters. The third-order valence-electron chi connectivity index (χ3n) is 4.95. The highest BCUT2D eigenvalue weighted by Gasteiger charge is 2.43. The van der Waals surface area contributed by atoms with Gasteiger partial charge in [-0.05, 0) is 40.0 Å². The van der Waals surface area contributed by atoms with Crippen molar-refractivity contribution in [2.24, 2.45) is 5.92 Å². The fourth-order valence-electron chi connectivity index (χ4n) is 3.52. The van der Waals surface area contributed by atoms with Crippen LogP contribution in [-0.4, -0.2) is 47.9 Å². The number of hydrogen-bond acceptors (Lipinski definition) is 5. The van der Waals surface area contributed by atoms with E-state index >= 15 is 0 Å². The number of hydrogen-bond donors (Lipinski definition) is 0. The van der Waals surface area contributed by atoms with Crippen molar-refractivity contribution in [3.05, 3.63) is 12.3 Å². The lowest BCUT2D eigenvalue weighted by atomic mass is 9.96. The lowest BCUT2D eigenvalue weighted by molar-refractivity contribution is -0.149. The van der Waals surface area contributed by atoms with E-state index in [4.69, 9.17) is 14.2 Å². The number of carbonyl (C=O) groups excluding carboxylic acids is 2. The van der Waals surface area contributed by atoms with Gasteiger partial charge in [-0.3, -0.25) is 4.90 Å². The molecule has 6 nitrogen and oxygen atoms in total. The number of unbranched alkanes of at least 4 members (excludes halogenated alkanes) is 1. The van der Waals surface area contributed by atoms with Crippen LogP contribution < -0.4 is 0 Å². The Bertz CT molecular complexity index is 534. The number of nitrogens with zero attached hydrogens (tertiary/aromatic N) is 1. The quantitative estimate of drug-likeness (QED) is 0.257. The highest BCUT2D eigenvalue weighted by molar-refractivity contribution is 5.82. The third kappa shape index (κ3) is 8.67. The normalized spacial score (nSPS) is 19.3. The molecule has 0 N–H and O–H groups in total. The van der Waals surface area contributed by atoms with Gasteiger partial charge in [0.15, 0.2) is 0 Å². The van der Waals surface area contributed by atoms with Crippen LogP contribution >= 0.6 is 0 Å². The molecule has 0 aliphatic carbocycles. The molecule has 0 aromatic carbocycles. The number of amides is 1. The topological polar surface area (TPSA) is 65.1 Å². The van der Waals surface area contributed by atoms with Crippen LogP contribution in [0, 0.1) is 5.92 Å². The SMILES string of the molecule is C=C(O[C@H]1C[C@@H](C(=O)OCCCC)N(C(=O)OC(C)(C)C)C1)C(CCC)CCC. The highest BCUT2D eigenvalue weighted by atomic mass is 16.6. The van der Waals surface area contributed by atoms with Crippen molar-refractivity contribution < 1.29 is 23.8 Å². The minimum absolute atomic E-state index is 0.282. The summed E-state index contributed by atoms with van der Waals surface area (Å²) in [7, 11) is 0. The number of likely N-dealkylation sites (tertiary alicyclic amines) is 1. The molecule has 1 amide bonds. The molecular weight excluding hydrogens is 370 g/mol. The molecule has 6 heteroatoms. The number of allylic oxidation sites excluding steroid dienone is 1. The molecule has 29 heavy (non-hydrogen) atoms. The fourth-order valence-corrected chi connectivity index (χ4v) is 3.52. The second-order valence-electron chi connectivity index (χ2n) is 8.89.